The number of piperidine rings is 1. The Hall–Kier alpha value is -2.43. The second-order valence-electron chi connectivity index (χ2n) is 9.17. The van der Waals surface area contributed by atoms with Crippen LogP contribution >= 0.6 is 11.8 Å². The van der Waals surface area contributed by atoms with E-state index in [0.29, 0.717) is 17.6 Å². The SMILES string of the molecule is OC1=CCC2C(=C1)SC1=C2C(c2ccc(OCCN3CCCCC3)cc2)=C2C=CC=CC21. The molecule has 4 heteroatoms. The molecule has 6 rings (SSSR count). The van der Waals surface area contributed by atoms with Crippen LogP contribution in [-0.2, 0) is 0 Å². The van der Waals surface area contributed by atoms with E-state index < -0.39 is 0 Å². The first-order valence-corrected chi connectivity index (χ1v) is 12.7. The molecule has 2 heterocycles. The van der Waals surface area contributed by atoms with E-state index in [9.17, 15) is 5.11 Å². The van der Waals surface area contributed by atoms with Crippen molar-refractivity contribution in [3.8, 4) is 5.75 Å². The maximum atomic E-state index is 10.0. The summed E-state index contributed by atoms with van der Waals surface area (Å²) < 4.78 is 6.07. The third-order valence-electron chi connectivity index (χ3n) is 7.17. The van der Waals surface area contributed by atoms with Crippen LogP contribution in [-0.4, -0.2) is 36.2 Å². The summed E-state index contributed by atoms with van der Waals surface area (Å²) in [6.45, 7) is 4.19. The summed E-state index contributed by atoms with van der Waals surface area (Å²) in [5.41, 5.74) is 5.50. The second-order valence-corrected chi connectivity index (χ2v) is 10.3. The topological polar surface area (TPSA) is 32.7 Å². The van der Waals surface area contributed by atoms with E-state index in [1.807, 2.05) is 23.9 Å². The van der Waals surface area contributed by atoms with Crippen molar-refractivity contribution < 1.29 is 9.84 Å². The first-order valence-electron chi connectivity index (χ1n) is 11.9. The number of aliphatic hydroxyl groups excluding tert-OH is 1. The molecule has 3 nitrogen and oxygen atoms in total. The molecule has 1 fully saturated rings. The molecule has 1 N–H and O–H groups in total. The summed E-state index contributed by atoms with van der Waals surface area (Å²) in [6, 6.07) is 8.70. The van der Waals surface area contributed by atoms with Crippen LogP contribution in [0.3, 0.4) is 0 Å². The number of rotatable bonds is 5. The summed E-state index contributed by atoms with van der Waals surface area (Å²) in [5.74, 6) is 2.05. The number of fused-ring (bicyclic) bond motifs is 4. The summed E-state index contributed by atoms with van der Waals surface area (Å²) >= 11 is 1.86. The summed E-state index contributed by atoms with van der Waals surface area (Å²) in [6.07, 6.45) is 17.7. The number of hydrogen-bond donors (Lipinski definition) is 1. The van der Waals surface area contributed by atoms with Crippen LogP contribution in [0.2, 0.25) is 0 Å². The number of ether oxygens (including phenoxy) is 1. The molecule has 0 bridgehead atoms. The van der Waals surface area contributed by atoms with Crippen LogP contribution in [0, 0.1) is 11.8 Å². The zero-order chi connectivity index (χ0) is 21.5. The lowest BCUT2D eigenvalue weighted by molar-refractivity contribution is 0.183. The number of thioether (sulfide) groups is 1. The molecular weight excluding hydrogens is 414 g/mol. The van der Waals surface area contributed by atoms with Crippen LogP contribution in [0.15, 0.2) is 87.4 Å². The van der Waals surface area contributed by atoms with Gasteiger partial charge in [0.2, 0.25) is 0 Å². The zero-order valence-corrected chi connectivity index (χ0v) is 19.1. The molecule has 0 spiro atoms. The predicted octanol–water partition coefficient (Wildman–Crippen LogP) is 6.41. The van der Waals surface area contributed by atoms with Crippen molar-refractivity contribution in [2.45, 2.75) is 25.7 Å². The van der Waals surface area contributed by atoms with E-state index in [-0.39, 0.29) is 0 Å². The number of benzene rings is 1. The lowest BCUT2D eigenvalue weighted by atomic mass is 9.84. The van der Waals surface area contributed by atoms with E-state index in [0.717, 1.165) is 25.3 Å². The highest BCUT2D eigenvalue weighted by atomic mass is 32.2. The van der Waals surface area contributed by atoms with Crippen LogP contribution in [0.4, 0.5) is 0 Å². The van der Waals surface area contributed by atoms with Gasteiger partial charge in [0.05, 0.1) is 0 Å². The number of hydrogen-bond acceptors (Lipinski definition) is 4. The third kappa shape index (κ3) is 3.60. The minimum Gasteiger partial charge on any atom is -0.508 e. The molecule has 0 aromatic heterocycles. The molecule has 164 valence electrons. The second kappa shape index (κ2) is 8.49. The minimum atomic E-state index is 0.337. The quantitative estimate of drug-likeness (QED) is 0.570. The zero-order valence-electron chi connectivity index (χ0n) is 18.3. The van der Waals surface area contributed by atoms with Crippen molar-refractivity contribution in [2.75, 3.05) is 26.2 Å². The Morgan fingerprint density at radius 1 is 1.06 bits per heavy atom. The monoisotopic (exact) mass is 443 g/mol. The normalized spacial score (nSPS) is 26.6. The van der Waals surface area contributed by atoms with Crippen LogP contribution in [0.1, 0.15) is 31.2 Å². The molecule has 1 aromatic carbocycles. The highest BCUT2D eigenvalue weighted by molar-refractivity contribution is 8.07. The highest BCUT2D eigenvalue weighted by Crippen LogP contribution is 2.62. The first-order chi connectivity index (χ1) is 15.8. The van der Waals surface area contributed by atoms with Crippen LogP contribution in [0.5, 0.6) is 5.75 Å². The lowest BCUT2D eigenvalue weighted by Crippen LogP contribution is -2.33. The Labute approximate surface area is 194 Å². The van der Waals surface area contributed by atoms with Gasteiger partial charge in [0.15, 0.2) is 0 Å². The van der Waals surface area contributed by atoms with Gasteiger partial charge in [0, 0.05) is 28.2 Å². The van der Waals surface area contributed by atoms with Gasteiger partial charge in [-0.05, 0) is 78.9 Å². The van der Waals surface area contributed by atoms with Crippen molar-refractivity contribution in [3.05, 3.63) is 93.0 Å². The Morgan fingerprint density at radius 3 is 2.75 bits per heavy atom. The third-order valence-corrected chi connectivity index (χ3v) is 8.50. The Morgan fingerprint density at radius 2 is 1.91 bits per heavy atom. The van der Waals surface area contributed by atoms with Gasteiger partial charge in [-0.15, -0.1) is 0 Å². The van der Waals surface area contributed by atoms with E-state index in [1.165, 1.54) is 64.4 Å². The van der Waals surface area contributed by atoms with Gasteiger partial charge in [-0.3, -0.25) is 4.90 Å². The molecule has 32 heavy (non-hydrogen) atoms. The number of likely N-dealkylation sites (tertiary alicyclic amines) is 1. The van der Waals surface area contributed by atoms with Crippen molar-refractivity contribution in [3.63, 3.8) is 0 Å². The molecule has 3 aliphatic carbocycles. The molecule has 5 aliphatic rings. The molecule has 2 unspecified atom stereocenters. The van der Waals surface area contributed by atoms with E-state index in [2.05, 4.69) is 53.5 Å². The van der Waals surface area contributed by atoms with Gasteiger partial charge < -0.3 is 9.84 Å². The molecule has 2 atom stereocenters. The van der Waals surface area contributed by atoms with Gasteiger partial charge in [0.25, 0.3) is 0 Å². The maximum Gasteiger partial charge on any atom is 0.119 e. The molecule has 0 amide bonds. The van der Waals surface area contributed by atoms with Gasteiger partial charge in [-0.25, -0.2) is 0 Å². The summed E-state index contributed by atoms with van der Waals surface area (Å²) in [4.78, 5) is 5.24. The fourth-order valence-electron chi connectivity index (χ4n) is 5.58. The average molecular weight is 444 g/mol. The van der Waals surface area contributed by atoms with E-state index in [1.54, 1.807) is 0 Å². The summed E-state index contributed by atoms with van der Waals surface area (Å²) in [5, 5.41) is 10.0. The van der Waals surface area contributed by atoms with Crippen molar-refractivity contribution in [2.24, 2.45) is 11.8 Å². The number of nitrogens with zero attached hydrogens (tertiary/aromatic N) is 1. The van der Waals surface area contributed by atoms with Crippen molar-refractivity contribution >= 4 is 17.3 Å². The molecule has 0 saturated carbocycles. The molecule has 0 radical (unpaired) electrons. The standard InChI is InChI=1S/C28H29NO2S/c30-20-10-13-24-25(18-20)32-28-23-7-3-2-6-22(23)26(27(24)28)19-8-11-21(12-9-19)31-17-16-29-14-4-1-5-15-29/h2-3,6-12,18,23-24,30H,1,4-5,13-17H2. The van der Waals surface area contributed by atoms with E-state index >= 15 is 0 Å². The minimum absolute atomic E-state index is 0.337. The smallest absolute Gasteiger partial charge is 0.119 e. The maximum absolute atomic E-state index is 10.0. The van der Waals surface area contributed by atoms with Crippen LogP contribution < -0.4 is 4.74 Å². The van der Waals surface area contributed by atoms with E-state index in [4.69, 9.17) is 4.74 Å². The van der Waals surface area contributed by atoms with Crippen molar-refractivity contribution in [1.29, 1.82) is 0 Å². The summed E-state index contributed by atoms with van der Waals surface area (Å²) in [7, 11) is 0. The van der Waals surface area contributed by atoms with Gasteiger partial charge in [-0.2, -0.15) is 0 Å². The Bertz CT molecular complexity index is 1100. The molecular formula is C28H29NO2S. The molecule has 1 saturated heterocycles. The number of allylic oxidation sites excluding steroid dienone is 11. The first kappa shape index (κ1) is 20.2. The van der Waals surface area contributed by atoms with Gasteiger partial charge >= 0.3 is 0 Å². The van der Waals surface area contributed by atoms with Gasteiger partial charge in [0.1, 0.15) is 18.1 Å². The Kier molecular flexibility index (Phi) is 5.36. The van der Waals surface area contributed by atoms with Gasteiger partial charge in [-0.1, -0.05) is 54.6 Å². The highest BCUT2D eigenvalue weighted by Gasteiger charge is 2.43. The number of aliphatic hydroxyl groups is 1. The van der Waals surface area contributed by atoms with Crippen molar-refractivity contribution in [1.82, 2.24) is 4.90 Å². The molecule has 1 aromatic rings. The predicted molar refractivity (Wildman–Crippen MR) is 132 cm³/mol. The fourth-order valence-corrected chi connectivity index (χ4v) is 7.06. The molecule has 2 aliphatic heterocycles. The average Bonchev–Trinajstić information content (AvgIpc) is 3.34. The largest absolute Gasteiger partial charge is 0.508 e. The lowest BCUT2D eigenvalue weighted by Gasteiger charge is -2.26. The fraction of sp³-hybridized carbons (Fsp3) is 0.357. The van der Waals surface area contributed by atoms with Crippen LogP contribution in [0.25, 0.3) is 5.57 Å². The Balaban J connectivity index is 1.23.